The highest BCUT2D eigenvalue weighted by Crippen LogP contribution is 2.34. The summed E-state index contributed by atoms with van der Waals surface area (Å²) in [5.74, 6) is 1.64. The molecule has 0 radical (unpaired) electrons. The third-order valence-electron chi connectivity index (χ3n) is 4.93. The fourth-order valence-corrected chi connectivity index (χ4v) is 3.52. The maximum absolute atomic E-state index is 12.6. The summed E-state index contributed by atoms with van der Waals surface area (Å²) in [6.07, 6.45) is 1.26. The predicted molar refractivity (Wildman–Crippen MR) is 102 cm³/mol. The Morgan fingerprint density at radius 3 is 2.78 bits per heavy atom. The van der Waals surface area contributed by atoms with Gasteiger partial charge in [0.15, 0.2) is 5.82 Å². The van der Waals surface area contributed by atoms with Crippen molar-refractivity contribution in [2.45, 2.75) is 25.7 Å². The Bertz CT molecular complexity index is 967. The lowest BCUT2D eigenvalue weighted by Gasteiger charge is -2.19. The molecule has 1 fully saturated rings. The number of carbonyl (C=O) groups excluding carboxylic acids is 1. The maximum atomic E-state index is 12.6. The largest absolute Gasteiger partial charge is 0.496 e. The van der Waals surface area contributed by atoms with E-state index in [2.05, 4.69) is 23.1 Å². The van der Waals surface area contributed by atoms with Crippen LogP contribution in [-0.4, -0.2) is 29.7 Å². The molecule has 3 aromatic rings. The summed E-state index contributed by atoms with van der Waals surface area (Å²) in [4.78, 5) is 19.0. The molecule has 6 heteroatoms. The zero-order chi connectivity index (χ0) is 18.8. The van der Waals surface area contributed by atoms with Gasteiger partial charge in [0.1, 0.15) is 5.75 Å². The fourth-order valence-electron chi connectivity index (χ4n) is 3.52. The van der Waals surface area contributed by atoms with Crippen molar-refractivity contribution in [1.29, 1.82) is 0 Å². The normalized spacial score (nSPS) is 16.7. The van der Waals surface area contributed by atoms with Crippen LogP contribution in [0.25, 0.3) is 11.5 Å². The summed E-state index contributed by atoms with van der Waals surface area (Å²) < 4.78 is 10.8. The summed E-state index contributed by atoms with van der Waals surface area (Å²) in [5, 5.41) is 4.13. The molecule has 0 bridgehead atoms. The number of carbonyl (C=O) groups is 1. The Balaban J connectivity index is 1.59. The average molecular weight is 363 g/mol. The summed E-state index contributed by atoms with van der Waals surface area (Å²) >= 11 is 0. The summed E-state index contributed by atoms with van der Waals surface area (Å²) in [6.45, 7) is 2.65. The van der Waals surface area contributed by atoms with Crippen LogP contribution in [0.2, 0.25) is 0 Å². The average Bonchev–Trinajstić information content (AvgIpc) is 3.34. The molecule has 1 unspecified atom stereocenters. The zero-order valence-corrected chi connectivity index (χ0v) is 15.4. The van der Waals surface area contributed by atoms with Gasteiger partial charge in [0, 0.05) is 24.6 Å². The van der Waals surface area contributed by atoms with E-state index in [4.69, 9.17) is 9.26 Å². The smallest absolute Gasteiger partial charge is 0.261 e. The number of amides is 1. The van der Waals surface area contributed by atoms with Gasteiger partial charge in [-0.15, -0.1) is 0 Å². The Kier molecular flexibility index (Phi) is 4.62. The van der Waals surface area contributed by atoms with Crippen molar-refractivity contribution >= 4 is 11.6 Å². The van der Waals surface area contributed by atoms with Crippen LogP contribution in [0, 0.1) is 0 Å². The van der Waals surface area contributed by atoms with Crippen LogP contribution < -0.4 is 9.64 Å². The van der Waals surface area contributed by atoms with E-state index < -0.39 is 0 Å². The number of ether oxygens (including phenoxy) is 1. The molecule has 1 aromatic heterocycles. The molecule has 0 spiro atoms. The highest BCUT2D eigenvalue weighted by Gasteiger charge is 2.35. The lowest BCUT2D eigenvalue weighted by Crippen LogP contribution is -2.25. The Labute approximate surface area is 157 Å². The van der Waals surface area contributed by atoms with E-state index in [0.29, 0.717) is 30.4 Å². The second-order valence-corrected chi connectivity index (χ2v) is 6.55. The number of para-hydroxylation sites is 2. The molecule has 2 aromatic carbocycles. The van der Waals surface area contributed by atoms with E-state index in [-0.39, 0.29) is 11.8 Å². The molecule has 1 amide bonds. The van der Waals surface area contributed by atoms with Crippen LogP contribution in [0.5, 0.6) is 5.75 Å². The third kappa shape index (κ3) is 3.18. The molecule has 0 aliphatic carbocycles. The quantitative estimate of drug-likeness (QED) is 0.689. The number of rotatable bonds is 5. The SMILES string of the molecule is CCc1ccccc1N1CC(c2noc(-c3ccccc3OC)n2)CC1=O. The Morgan fingerprint density at radius 2 is 1.96 bits per heavy atom. The molecule has 4 rings (SSSR count). The molecule has 0 N–H and O–H groups in total. The third-order valence-corrected chi connectivity index (χ3v) is 4.93. The van der Waals surface area contributed by atoms with Crippen LogP contribution >= 0.6 is 0 Å². The van der Waals surface area contributed by atoms with Crippen LogP contribution in [0.3, 0.4) is 0 Å². The number of aryl methyl sites for hydroxylation is 1. The van der Waals surface area contributed by atoms with Gasteiger partial charge in [-0.25, -0.2) is 0 Å². The van der Waals surface area contributed by atoms with E-state index in [1.165, 1.54) is 0 Å². The van der Waals surface area contributed by atoms with E-state index in [1.807, 2.05) is 47.4 Å². The molecule has 1 aliphatic rings. The van der Waals surface area contributed by atoms with Gasteiger partial charge < -0.3 is 14.2 Å². The van der Waals surface area contributed by atoms with Gasteiger partial charge in [-0.05, 0) is 30.2 Å². The van der Waals surface area contributed by atoms with Crippen LogP contribution in [-0.2, 0) is 11.2 Å². The summed E-state index contributed by atoms with van der Waals surface area (Å²) in [6, 6.07) is 15.5. The van der Waals surface area contributed by atoms with Crippen molar-refractivity contribution < 1.29 is 14.1 Å². The highest BCUT2D eigenvalue weighted by atomic mass is 16.5. The molecular weight excluding hydrogens is 342 g/mol. The predicted octanol–water partition coefficient (Wildman–Crippen LogP) is 3.83. The topological polar surface area (TPSA) is 68.5 Å². The van der Waals surface area contributed by atoms with Crippen LogP contribution in [0.4, 0.5) is 5.69 Å². The molecule has 1 saturated heterocycles. The Morgan fingerprint density at radius 1 is 1.19 bits per heavy atom. The number of aromatic nitrogens is 2. The van der Waals surface area contributed by atoms with Gasteiger partial charge in [-0.2, -0.15) is 4.98 Å². The maximum Gasteiger partial charge on any atom is 0.261 e. The van der Waals surface area contributed by atoms with E-state index >= 15 is 0 Å². The summed E-state index contributed by atoms with van der Waals surface area (Å²) in [5.41, 5.74) is 2.88. The molecule has 0 saturated carbocycles. The monoisotopic (exact) mass is 363 g/mol. The van der Waals surface area contributed by atoms with Gasteiger partial charge in [0.05, 0.1) is 12.7 Å². The number of anilines is 1. The van der Waals surface area contributed by atoms with Gasteiger partial charge in [-0.3, -0.25) is 4.79 Å². The first-order valence-corrected chi connectivity index (χ1v) is 9.06. The van der Waals surface area contributed by atoms with Crippen molar-refractivity contribution in [1.82, 2.24) is 10.1 Å². The van der Waals surface area contributed by atoms with Gasteiger partial charge in [0.25, 0.3) is 5.89 Å². The number of methoxy groups -OCH3 is 1. The molecule has 27 heavy (non-hydrogen) atoms. The van der Waals surface area contributed by atoms with Crippen molar-refractivity contribution in [2.75, 3.05) is 18.6 Å². The minimum atomic E-state index is -0.0883. The first-order valence-electron chi connectivity index (χ1n) is 9.06. The molecule has 2 heterocycles. The van der Waals surface area contributed by atoms with Crippen molar-refractivity contribution in [3.05, 3.63) is 59.9 Å². The standard InChI is InChI=1S/C21H21N3O3/c1-3-14-8-4-6-10-17(14)24-13-15(12-19(24)25)20-22-21(27-23-20)16-9-5-7-11-18(16)26-2/h4-11,15H,3,12-13H2,1-2H3. The minimum Gasteiger partial charge on any atom is -0.496 e. The van der Waals surface area contributed by atoms with Crippen molar-refractivity contribution in [3.8, 4) is 17.2 Å². The van der Waals surface area contributed by atoms with Crippen molar-refractivity contribution in [2.24, 2.45) is 0 Å². The van der Waals surface area contributed by atoms with Gasteiger partial charge in [0.2, 0.25) is 5.91 Å². The lowest BCUT2D eigenvalue weighted by atomic mass is 10.1. The lowest BCUT2D eigenvalue weighted by molar-refractivity contribution is -0.117. The number of benzene rings is 2. The van der Waals surface area contributed by atoms with Crippen molar-refractivity contribution in [3.63, 3.8) is 0 Å². The van der Waals surface area contributed by atoms with Crippen LogP contribution in [0.1, 0.15) is 30.7 Å². The fraction of sp³-hybridized carbons (Fsp3) is 0.286. The molecule has 6 nitrogen and oxygen atoms in total. The first kappa shape index (κ1) is 17.3. The second-order valence-electron chi connectivity index (χ2n) is 6.55. The molecule has 1 aliphatic heterocycles. The number of hydrogen-bond donors (Lipinski definition) is 0. The molecule has 1 atom stereocenters. The van der Waals surface area contributed by atoms with E-state index in [0.717, 1.165) is 23.2 Å². The Hall–Kier alpha value is -3.15. The number of hydrogen-bond acceptors (Lipinski definition) is 5. The first-order chi connectivity index (χ1) is 13.2. The van der Waals surface area contributed by atoms with E-state index in [9.17, 15) is 4.79 Å². The zero-order valence-electron chi connectivity index (χ0n) is 15.4. The van der Waals surface area contributed by atoms with Gasteiger partial charge >= 0.3 is 0 Å². The van der Waals surface area contributed by atoms with E-state index in [1.54, 1.807) is 7.11 Å². The molecule has 138 valence electrons. The second kappa shape index (κ2) is 7.23. The highest BCUT2D eigenvalue weighted by molar-refractivity contribution is 5.97. The summed E-state index contributed by atoms with van der Waals surface area (Å²) in [7, 11) is 1.61. The van der Waals surface area contributed by atoms with Crippen LogP contribution in [0.15, 0.2) is 53.1 Å². The van der Waals surface area contributed by atoms with Gasteiger partial charge in [-0.1, -0.05) is 42.4 Å². The number of nitrogens with zero attached hydrogens (tertiary/aromatic N) is 3. The molecular formula is C21H21N3O3. The minimum absolute atomic E-state index is 0.0875.